The fraction of sp³-hybridized carbons (Fsp3) is 0.0625. The molecule has 4 nitrogen and oxygen atoms in total. The highest BCUT2D eigenvalue weighted by molar-refractivity contribution is 6.30. The molecule has 0 saturated carbocycles. The van der Waals surface area contributed by atoms with Gasteiger partial charge in [0.25, 0.3) is 0 Å². The number of aromatic nitrogens is 1. The predicted molar refractivity (Wildman–Crippen MR) is 82.1 cm³/mol. The summed E-state index contributed by atoms with van der Waals surface area (Å²) in [6.07, 6.45) is 1.66. The van der Waals surface area contributed by atoms with E-state index < -0.39 is 0 Å². The van der Waals surface area contributed by atoms with E-state index in [9.17, 15) is 0 Å². The maximum absolute atomic E-state index is 5.96. The number of anilines is 1. The molecule has 0 spiro atoms. The first-order valence-electron chi connectivity index (χ1n) is 6.40. The van der Waals surface area contributed by atoms with Crippen molar-refractivity contribution in [3.8, 4) is 17.1 Å². The van der Waals surface area contributed by atoms with Crippen LogP contribution in [0.2, 0.25) is 5.02 Å². The van der Waals surface area contributed by atoms with E-state index >= 15 is 0 Å². The molecule has 0 atom stereocenters. The molecule has 1 heterocycles. The van der Waals surface area contributed by atoms with Crippen molar-refractivity contribution in [3.63, 3.8) is 0 Å². The molecule has 0 aliphatic heterocycles. The van der Waals surface area contributed by atoms with Gasteiger partial charge in [-0.1, -0.05) is 29.8 Å². The molecule has 0 aliphatic carbocycles. The van der Waals surface area contributed by atoms with Crippen LogP contribution in [-0.4, -0.2) is 4.98 Å². The zero-order valence-electron chi connectivity index (χ0n) is 11.1. The summed E-state index contributed by atoms with van der Waals surface area (Å²) >= 11 is 5.96. The summed E-state index contributed by atoms with van der Waals surface area (Å²) in [5.41, 5.74) is 7.22. The van der Waals surface area contributed by atoms with E-state index in [0.717, 1.165) is 5.56 Å². The Hall–Kier alpha value is -2.46. The molecule has 21 heavy (non-hydrogen) atoms. The minimum atomic E-state index is 0.240. The van der Waals surface area contributed by atoms with Crippen LogP contribution < -0.4 is 10.5 Å². The molecule has 1 aromatic heterocycles. The Balaban J connectivity index is 1.71. The molecule has 3 aromatic rings. The minimum absolute atomic E-state index is 0.240. The first kappa shape index (κ1) is 13.5. The molecule has 0 radical (unpaired) electrons. The fourth-order valence-electron chi connectivity index (χ4n) is 1.90. The fourth-order valence-corrected chi connectivity index (χ4v) is 2.09. The zero-order valence-corrected chi connectivity index (χ0v) is 11.9. The highest BCUT2D eigenvalue weighted by Gasteiger charge is 2.07. The van der Waals surface area contributed by atoms with E-state index in [1.165, 1.54) is 0 Å². The maximum atomic E-state index is 5.96. The quantitative estimate of drug-likeness (QED) is 0.735. The summed E-state index contributed by atoms with van der Waals surface area (Å²) in [5.74, 6) is 1.83. The molecule has 0 saturated heterocycles. The number of benzene rings is 2. The molecule has 0 unspecified atom stereocenters. The van der Waals surface area contributed by atoms with Gasteiger partial charge >= 0.3 is 0 Å². The van der Waals surface area contributed by atoms with Crippen LogP contribution in [0.1, 0.15) is 5.89 Å². The lowest BCUT2D eigenvalue weighted by molar-refractivity contribution is 0.265. The number of hydrogen-bond acceptors (Lipinski definition) is 4. The first-order chi connectivity index (χ1) is 10.2. The van der Waals surface area contributed by atoms with Crippen LogP contribution in [0.5, 0.6) is 5.75 Å². The monoisotopic (exact) mass is 300 g/mol. The van der Waals surface area contributed by atoms with E-state index in [1.54, 1.807) is 18.3 Å². The van der Waals surface area contributed by atoms with Gasteiger partial charge in [-0.15, -0.1) is 0 Å². The lowest BCUT2D eigenvalue weighted by Crippen LogP contribution is -1.96. The van der Waals surface area contributed by atoms with Crippen LogP contribution in [0.3, 0.4) is 0 Å². The number of nitrogens with zero attached hydrogens (tertiary/aromatic N) is 1. The highest BCUT2D eigenvalue weighted by atomic mass is 35.5. The van der Waals surface area contributed by atoms with Crippen molar-refractivity contribution in [3.05, 3.63) is 65.6 Å². The van der Waals surface area contributed by atoms with Crippen molar-refractivity contribution in [2.24, 2.45) is 0 Å². The van der Waals surface area contributed by atoms with Gasteiger partial charge in [0.2, 0.25) is 5.89 Å². The zero-order chi connectivity index (χ0) is 14.7. The highest BCUT2D eigenvalue weighted by Crippen LogP contribution is 2.24. The van der Waals surface area contributed by atoms with Crippen LogP contribution in [0.25, 0.3) is 11.3 Å². The normalized spacial score (nSPS) is 10.5. The van der Waals surface area contributed by atoms with Gasteiger partial charge in [0.1, 0.15) is 5.75 Å². The second kappa shape index (κ2) is 5.89. The van der Waals surface area contributed by atoms with E-state index in [0.29, 0.717) is 28.1 Å². The standard InChI is InChI=1S/C16H13ClN2O2/c17-12-4-1-3-11(7-12)15-9-19-16(21-15)10-20-14-6-2-5-13(18)8-14/h1-9H,10,18H2. The number of hydrogen-bond donors (Lipinski definition) is 1. The summed E-state index contributed by atoms with van der Waals surface area (Å²) in [6, 6.07) is 14.6. The van der Waals surface area contributed by atoms with Gasteiger partial charge in [-0.2, -0.15) is 0 Å². The van der Waals surface area contributed by atoms with Crippen LogP contribution in [0, 0.1) is 0 Å². The first-order valence-corrected chi connectivity index (χ1v) is 6.77. The van der Waals surface area contributed by atoms with Crippen molar-refractivity contribution >= 4 is 17.3 Å². The Morgan fingerprint density at radius 3 is 2.81 bits per heavy atom. The number of oxazole rings is 1. The van der Waals surface area contributed by atoms with Crippen molar-refractivity contribution in [1.29, 1.82) is 0 Å². The Morgan fingerprint density at radius 2 is 2.00 bits per heavy atom. The maximum Gasteiger partial charge on any atom is 0.232 e. The SMILES string of the molecule is Nc1cccc(OCc2ncc(-c3cccc(Cl)c3)o2)c1. The van der Waals surface area contributed by atoms with Crippen LogP contribution >= 0.6 is 11.6 Å². The molecule has 106 valence electrons. The van der Waals surface area contributed by atoms with Gasteiger partial charge in [-0.05, 0) is 24.3 Å². The van der Waals surface area contributed by atoms with E-state index in [-0.39, 0.29) is 6.61 Å². The molecular weight excluding hydrogens is 288 g/mol. The van der Waals surface area contributed by atoms with Crippen molar-refractivity contribution in [2.75, 3.05) is 5.73 Å². The van der Waals surface area contributed by atoms with E-state index in [4.69, 9.17) is 26.5 Å². The Labute approximate surface area is 127 Å². The van der Waals surface area contributed by atoms with Gasteiger partial charge in [0.05, 0.1) is 6.20 Å². The summed E-state index contributed by atoms with van der Waals surface area (Å²) in [5, 5.41) is 0.654. The van der Waals surface area contributed by atoms with Gasteiger partial charge in [-0.3, -0.25) is 0 Å². The lowest BCUT2D eigenvalue weighted by Gasteiger charge is -2.03. The van der Waals surface area contributed by atoms with Gasteiger partial charge in [-0.25, -0.2) is 4.98 Å². The third-order valence-corrected chi connectivity index (χ3v) is 3.12. The number of nitrogens with two attached hydrogens (primary N) is 1. The summed E-state index contributed by atoms with van der Waals surface area (Å²) in [6.45, 7) is 0.240. The van der Waals surface area contributed by atoms with Crippen molar-refractivity contribution in [1.82, 2.24) is 4.98 Å². The van der Waals surface area contributed by atoms with Crippen LogP contribution in [0.4, 0.5) is 5.69 Å². The molecule has 0 aliphatic rings. The largest absolute Gasteiger partial charge is 0.484 e. The number of nitrogen functional groups attached to an aromatic ring is 1. The Kier molecular flexibility index (Phi) is 3.79. The molecular formula is C16H13ClN2O2. The summed E-state index contributed by atoms with van der Waals surface area (Å²) in [4.78, 5) is 4.19. The average molecular weight is 301 g/mol. The van der Waals surface area contributed by atoms with Crippen LogP contribution in [-0.2, 0) is 6.61 Å². The molecule has 5 heteroatoms. The lowest BCUT2D eigenvalue weighted by atomic mass is 10.2. The smallest absolute Gasteiger partial charge is 0.232 e. The predicted octanol–water partition coefficient (Wildman–Crippen LogP) is 4.16. The number of ether oxygens (including phenoxy) is 1. The third kappa shape index (κ3) is 3.35. The second-order valence-electron chi connectivity index (χ2n) is 4.49. The van der Waals surface area contributed by atoms with E-state index in [2.05, 4.69) is 4.98 Å². The van der Waals surface area contributed by atoms with Gasteiger partial charge < -0.3 is 14.9 Å². The molecule has 2 aromatic carbocycles. The number of halogens is 1. The Morgan fingerprint density at radius 1 is 1.14 bits per heavy atom. The molecule has 0 bridgehead atoms. The van der Waals surface area contributed by atoms with Crippen LogP contribution in [0.15, 0.2) is 59.1 Å². The average Bonchev–Trinajstić information content (AvgIpc) is 2.94. The summed E-state index contributed by atoms with van der Waals surface area (Å²) < 4.78 is 11.2. The molecule has 2 N–H and O–H groups in total. The van der Waals surface area contributed by atoms with Crippen molar-refractivity contribution < 1.29 is 9.15 Å². The second-order valence-corrected chi connectivity index (χ2v) is 4.93. The molecule has 0 amide bonds. The Bertz CT molecular complexity index is 755. The minimum Gasteiger partial charge on any atom is -0.484 e. The molecule has 3 rings (SSSR count). The third-order valence-electron chi connectivity index (χ3n) is 2.88. The van der Waals surface area contributed by atoms with Gasteiger partial charge in [0, 0.05) is 22.3 Å². The summed E-state index contributed by atoms with van der Waals surface area (Å²) in [7, 11) is 0. The van der Waals surface area contributed by atoms with Gasteiger partial charge in [0.15, 0.2) is 12.4 Å². The topological polar surface area (TPSA) is 61.3 Å². The molecule has 0 fully saturated rings. The van der Waals surface area contributed by atoms with Crippen molar-refractivity contribution in [2.45, 2.75) is 6.61 Å². The number of rotatable bonds is 4. The van der Waals surface area contributed by atoms with E-state index in [1.807, 2.05) is 36.4 Å².